The number of nitrogens with one attached hydrogen (secondary N) is 1. The molecule has 0 amide bonds. The zero-order chi connectivity index (χ0) is 14.5. The van der Waals surface area contributed by atoms with Crippen molar-refractivity contribution in [2.75, 3.05) is 0 Å². The van der Waals surface area contributed by atoms with Gasteiger partial charge in [0.05, 0.1) is 0 Å². The average molecular weight is 272 g/mol. The number of benzene rings is 1. The van der Waals surface area contributed by atoms with Crippen LogP contribution in [0.4, 0.5) is 0 Å². The summed E-state index contributed by atoms with van der Waals surface area (Å²) >= 11 is 0. The van der Waals surface area contributed by atoms with Gasteiger partial charge in [0.25, 0.3) is 0 Å². The van der Waals surface area contributed by atoms with Crippen molar-refractivity contribution in [3.8, 4) is 0 Å². The molecule has 0 saturated carbocycles. The molecule has 2 nitrogen and oxygen atoms in total. The lowest BCUT2D eigenvalue weighted by atomic mass is 10.1. The van der Waals surface area contributed by atoms with E-state index in [-0.39, 0.29) is 0 Å². The summed E-state index contributed by atoms with van der Waals surface area (Å²) in [7, 11) is 0. The predicted octanol–water partition coefficient (Wildman–Crippen LogP) is 4.58. The van der Waals surface area contributed by atoms with Crippen molar-refractivity contribution < 1.29 is 0 Å². The van der Waals surface area contributed by atoms with Crippen LogP contribution in [0.5, 0.6) is 0 Å². The van der Waals surface area contributed by atoms with Gasteiger partial charge in [-0.3, -0.25) is 0 Å². The molecule has 1 heterocycles. The number of aryl methyl sites for hydroxylation is 1. The lowest BCUT2D eigenvalue weighted by Crippen LogP contribution is -2.21. The average Bonchev–Trinajstić information content (AvgIpc) is 2.75. The number of nitrogens with zero attached hydrogens (tertiary/aromatic N) is 1. The first-order valence-electron chi connectivity index (χ1n) is 7.88. The van der Waals surface area contributed by atoms with Crippen molar-refractivity contribution in [2.45, 2.75) is 59.7 Å². The van der Waals surface area contributed by atoms with Gasteiger partial charge in [-0.1, -0.05) is 45.9 Å². The third-order valence-corrected chi connectivity index (χ3v) is 3.75. The monoisotopic (exact) mass is 272 g/mol. The van der Waals surface area contributed by atoms with E-state index in [0.717, 1.165) is 19.0 Å². The van der Waals surface area contributed by atoms with E-state index >= 15 is 0 Å². The number of hydrogen-bond donors (Lipinski definition) is 1. The van der Waals surface area contributed by atoms with Gasteiger partial charge < -0.3 is 9.88 Å². The normalized spacial score (nSPS) is 11.9. The Kier molecular flexibility index (Phi) is 5.24. The number of hydrogen-bond acceptors (Lipinski definition) is 1. The Bertz CT molecular complexity index is 537. The topological polar surface area (TPSA) is 17.0 Å². The maximum Gasteiger partial charge on any atom is 0.0483 e. The fraction of sp³-hybridized carbons (Fsp3) is 0.556. The van der Waals surface area contributed by atoms with Crippen molar-refractivity contribution in [3.05, 3.63) is 36.0 Å². The molecule has 0 radical (unpaired) electrons. The zero-order valence-electron chi connectivity index (χ0n) is 13.3. The minimum absolute atomic E-state index is 0.526. The molecule has 1 N–H and O–H groups in total. The standard InChI is InChI=1S/C18H28N2/c1-14(2)8-7-11-20-13-16(12-19-15(3)4)17-9-5-6-10-18(17)20/h5-6,9-10,13-15,19H,7-8,11-12H2,1-4H3. The summed E-state index contributed by atoms with van der Waals surface area (Å²) in [4.78, 5) is 0. The second kappa shape index (κ2) is 6.94. The van der Waals surface area contributed by atoms with Crippen molar-refractivity contribution in [3.63, 3.8) is 0 Å². The van der Waals surface area contributed by atoms with Gasteiger partial charge in [-0.05, 0) is 30.4 Å². The highest BCUT2D eigenvalue weighted by atomic mass is 15.0. The molecule has 2 heteroatoms. The van der Waals surface area contributed by atoms with E-state index in [9.17, 15) is 0 Å². The first-order valence-corrected chi connectivity index (χ1v) is 7.88. The summed E-state index contributed by atoms with van der Waals surface area (Å²) < 4.78 is 2.43. The van der Waals surface area contributed by atoms with E-state index in [1.54, 1.807) is 0 Å². The van der Waals surface area contributed by atoms with E-state index in [0.29, 0.717) is 6.04 Å². The van der Waals surface area contributed by atoms with Crippen LogP contribution in [0, 0.1) is 5.92 Å². The largest absolute Gasteiger partial charge is 0.347 e. The highest BCUT2D eigenvalue weighted by Crippen LogP contribution is 2.22. The maximum absolute atomic E-state index is 3.53. The summed E-state index contributed by atoms with van der Waals surface area (Å²) in [6.07, 6.45) is 4.89. The third kappa shape index (κ3) is 3.86. The van der Waals surface area contributed by atoms with Gasteiger partial charge in [0.1, 0.15) is 0 Å². The quantitative estimate of drug-likeness (QED) is 0.781. The Labute approximate surface area is 123 Å². The highest BCUT2D eigenvalue weighted by molar-refractivity contribution is 5.83. The Hall–Kier alpha value is -1.28. The molecule has 0 atom stereocenters. The molecule has 2 rings (SSSR count). The number of aromatic nitrogens is 1. The molecule has 0 unspecified atom stereocenters. The van der Waals surface area contributed by atoms with Crippen molar-refractivity contribution >= 4 is 10.9 Å². The van der Waals surface area contributed by atoms with E-state index in [1.165, 1.54) is 29.3 Å². The molecule has 0 aliphatic carbocycles. The van der Waals surface area contributed by atoms with Gasteiger partial charge in [0.15, 0.2) is 0 Å². The molecule has 0 fully saturated rings. The highest BCUT2D eigenvalue weighted by Gasteiger charge is 2.08. The molecular formula is C18H28N2. The lowest BCUT2D eigenvalue weighted by molar-refractivity contribution is 0.516. The second-order valence-corrected chi connectivity index (χ2v) is 6.44. The Morgan fingerprint density at radius 3 is 2.55 bits per heavy atom. The van der Waals surface area contributed by atoms with Crippen LogP contribution in [0.15, 0.2) is 30.5 Å². The van der Waals surface area contributed by atoms with Gasteiger partial charge >= 0.3 is 0 Å². The molecule has 0 saturated heterocycles. The summed E-state index contributed by atoms with van der Waals surface area (Å²) in [5.41, 5.74) is 2.79. The van der Waals surface area contributed by atoms with Gasteiger partial charge in [0.2, 0.25) is 0 Å². The van der Waals surface area contributed by atoms with Crippen molar-refractivity contribution in [1.82, 2.24) is 9.88 Å². The fourth-order valence-corrected chi connectivity index (χ4v) is 2.63. The van der Waals surface area contributed by atoms with Crippen LogP contribution in [0.2, 0.25) is 0 Å². The van der Waals surface area contributed by atoms with Crippen molar-refractivity contribution in [1.29, 1.82) is 0 Å². The maximum atomic E-state index is 3.53. The zero-order valence-corrected chi connectivity index (χ0v) is 13.3. The minimum Gasteiger partial charge on any atom is -0.347 e. The van der Waals surface area contributed by atoms with Crippen LogP contribution in [0.1, 0.15) is 46.1 Å². The van der Waals surface area contributed by atoms with Crippen LogP contribution in [0.3, 0.4) is 0 Å². The molecule has 0 aliphatic heterocycles. The first-order chi connectivity index (χ1) is 9.58. The van der Waals surface area contributed by atoms with Crippen LogP contribution < -0.4 is 5.32 Å². The summed E-state index contributed by atoms with van der Waals surface area (Å²) in [5.74, 6) is 0.791. The van der Waals surface area contributed by atoms with E-state index in [1.807, 2.05) is 0 Å². The molecule has 110 valence electrons. The first kappa shape index (κ1) is 15.1. The van der Waals surface area contributed by atoms with Crippen LogP contribution >= 0.6 is 0 Å². The SMILES string of the molecule is CC(C)CCCn1cc(CNC(C)C)c2ccccc21. The van der Waals surface area contributed by atoms with E-state index in [2.05, 4.69) is 68.0 Å². The van der Waals surface area contributed by atoms with E-state index in [4.69, 9.17) is 0 Å². The van der Waals surface area contributed by atoms with Gasteiger partial charge in [-0.25, -0.2) is 0 Å². The molecule has 0 spiro atoms. The van der Waals surface area contributed by atoms with Gasteiger partial charge in [0, 0.05) is 36.2 Å². The predicted molar refractivity (Wildman–Crippen MR) is 88.0 cm³/mol. The Morgan fingerprint density at radius 1 is 1.10 bits per heavy atom. The van der Waals surface area contributed by atoms with Crippen molar-refractivity contribution in [2.24, 2.45) is 5.92 Å². The summed E-state index contributed by atoms with van der Waals surface area (Å²) in [5, 5.41) is 4.92. The Balaban J connectivity index is 2.17. The van der Waals surface area contributed by atoms with Crippen LogP contribution in [0.25, 0.3) is 10.9 Å². The number of rotatable bonds is 7. The fourth-order valence-electron chi connectivity index (χ4n) is 2.63. The molecule has 1 aromatic heterocycles. The van der Waals surface area contributed by atoms with Crippen LogP contribution in [-0.2, 0) is 13.1 Å². The lowest BCUT2D eigenvalue weighted by Gasteiger charge is -2.07. The number of para-hydroxylation sites is 1. The third-order valence-electron chi connectivity index (χ3n) is 3.75. The minimum atomic E-state index is 0.526. The van der Waals surface area contributed by atoms with E-state index < -0.39 is 0 Å². The molecule has 20 heavy (non-hydrogen) atoms. The second-order valence-electron chi connectivity index (χ2n) is 6.44. The van der Waals surface area contributed by atoms with Gasteiger partial charge in [-0.15, -0.1) is 0 Å². The molecular weight excluding hydrogens is 244 g/mol. The van der Waals surface area contributed by atoms with Crippen LogP contribution in [-0.4, -0.2) is 10.6 Å². The number of fused-ring (bicyclic) bond motifs is 1. The Morgan fingerprint density at radius 2 is 1.85 bits per heavy atom. The van der Waals surface area contributed by atoms with Gasteiger partial charge in [-0.2, -0.15) is 0 Å². The molecule has 1 aromatic carbocycles. The smallest absolute Gasteiger partial charge is 0.0483 e. The molecule has 0 bridgehead atoms. The molecule has 2 aromatic rings. The molecule has 0 aliphatic rings. The summed E-state index contributed by atoms with van der Waals surface area (Å²) in [6, 6.07) is 9.29. The summed E-state index contributed by atoms with van der Waals surface area (Å²) in [6.45, 7) is 11.1.